The summed E-state index contributed by atoms with van der Waals surface area (Å²) in [6.07, 6.45) is 3.35. The highest BCUT2D eigenvalue weighted by Crippen LogP contribution is 2.18. The summed E-state index contributed by atoms with van der Waals surface area (Å²) in [5.41, 5.74) is 7.28. The lowest BCUT2D eigenvalue weighted by Crippen LogP contribution is -2.48. The fraction of sp³-hybridized carbons (Fsp3) is 0.462. The number of imidazole rings is 1. The number of hydrogen-bond donors (Lipinski definition) is 2. The molecule has 1 saturated heterocycles. The molecule has 6 nitrogen and oxygen atoms in total. The molecule has 2 atom stereocenters. The Kier molecular flexibility index (Phi) is 2.94. The molecule has 2 aromatic heterocycles. The normalized spacial score (nSPS) is 23.8. The Morgan fingerprint density at radius 1 is 1.58 bits per heavy atom. The van der Waals surface area contributed by atoms with Crippen LogP contribution in [0, 0.1) is 0 Å². The van der Waals surface area contributed by atoms with Gasteiger partial charge in [-0.3, -0.25) is 4.79 Å². The predicted molar refractivity (Wildman–Crippen MR) is 71.6 cm³/mol. The molecule has 1 aliphatic heterocycles. The van der Waals surface area contributed by atoms with Crippen LogP contribution in [0.1, 0.15) is 30.4 Å². The first-order valence-electron chi connectivity index (χ1n) is 6.52. The van der Waals surface area contributed by atoms with Crippen molar-refractivity contribution in [2.75, 3.05) is 6.54 Å². The molecule has 19 heavy (non-hydrogen) atoms. The molecule has 2 aromatic rings. The van der Waals surface area contributed by atoms with Crippen molar-refractivity contribution >= 4 is 17.1 Å². The molecule has 1 fully saturated rings. The van der Waals surface area contributed by atoms with Crippen LogP contribution in [0.3, 0.4) is 0 Å². The number of aromatic nitrogens is 3. The standard InChI is InChI=1S/C13H17N5O/c1-8-7-9(14)4-6-18(8)13(19)12-16-10-3-2-5-15-11(10)17-12/h2-3,5,8-9H,4,6-7,14H2,1H3,(H,15,16,17)/t8-,9-/m1/s1. The zero-order chi connectivity index (χ0) is 13.4. The molecule has 0 aliphatic carbocycles. The minimum absolute atomic E-state index is 0.0719. The zero-order valence-corrected chi connectivity index (χ0v) is 10.8. The molecule has 0 spiro atoms. The molecule has 1 amide bonds. The van der Waals surface area contributed by atoms with E-state index in [-0.39, 0.29) is 18.0 Å². The second-order valence-corrected chi connectivity index (χ2v) is 5.09. The number of amides is 1. The van der Waals surface area contributed by atoms with E-state index in [2.05, 4.69) is 15.0 Å². The molecule has 3 heterocycles. The lowest BCUT2D eigenvalue weighted by atomic mass is 9.99. The number of hydrogen-bond acceptors (Lipinski definition) is 4. The first-order valence-corrected chi connectivity index (χ1v) is 6.52. The summed E-state index contributed by atoms with van der Waals surface area (Å²) < 4.78 is 0. The van der Waals surface area contributed by atoms with Crippen LogP contribution in [-0.4, -0.2) is 44.4 Å². The Hall–Kier alpha value is -1.95. The first-order chi connectivity index (χ1) is 9.15. The maximum Gasteiger partial charge on any atom is 0.289 e. The third-order valence-corrected chi connectivity index (χ3v) is 3.64. The van der Waals surface area contributed by atoms with E-state index in [9.17, 15) is 4.79 Å². The minimum Gasteiger partial charge on any atom is -0.333 e. The fourth-order valence-corrected chi connectivity index (χ4v) is 2.59. The Morgan fingerprint density at radius 3 is 3.16 bits per heavy atom. The van der Waals surface area contributed by atoms with Crippen molar-refractivity contribution in [2.45, 2.75) is 31.8 Å². The van der Waals surface area contributed by atoms with Gasteiger partial charge in [-0.15, -0.1) is 0 Å². The lowest BCUT2D eigenvalue weighted by Gasteiger charge is -2.35. The summed E-state index contributed by atoms with van der Waals surface area (Å²) in [7, 11) is 0. The highest BCUT2D eigenvalue weighted by molar-refractivity contribution is 5.93. The van der Waals surface area contributed by atoms with Crippen molar-refractivity contribution in [3.05, 3.63) is 24.2 Å². The van der Waals surface area contributed by atoms with Gasteiger partial charge in [0.2, 0.25) is 0 Å². The number of carbonyl (C=O) groups is 1. The molecule has 3 rings (SSSR count). The number of carbonyl (C=O) groups excluding carboxylic acids is 1. The summed E-state index contributed by atoms with van der Waals surface area (Å²) in [6.45, 7) is 2.71. The van der Waals surface area contributed by atoms with E-state index in [1.807, 2.05) is 24.0 Å². The second kappa shape index (κ2) is 4.62. The van der Waals surface area contributed by atoms with Gasteiger partial charge < -0.3 is 15.6 Å². The Morgan fingerprint density at radius 2 is 2.42 bits per heavy atom. The van der Waals surface area contributed by atoms with Crippen LogP contribution in [0.5, 0.6) is 0 Å². The number of nitrogens with two attached hydrogens (primary N) is 1. The van der Waals surface area contributed by atoms with Crippen LogP contribution in [0.4, 0.5) is 0 Å². The van der Waals surface area contributed by atoms with Crippen molar-refractivity contribution < 1.29 is 4.79 Å². The highest BCUT2D eigenvalue weighted by atomic mass is 16.2. The van der Waals surface area contributed by atoms with Gasteiger partial charge in [0.1, 0.15) is 0 Å². The molecule has 0 aromatic carbocycles. The van der Waals surface area contributed by atoms with Crippen LogP contribution >= 0.6 is 0 Å². The largest absolute Gasteiger partial charge is 0.333 e. The van der Waals surface area contributed by atoms with Gasteiger partial charge in [-0.25, -0.2) is 9.97 Å². The predicted octanol–water partition coefficient (Wildman–Crippen LogP) is 0.910. The minimum atomic E-state index is -0.0719. The average Bonchev–Trinajstić information content (AvgIpc) is 2.81. The number of fused-ring (bicyclic) bond motifs is 1. The van der Waals surface area contributed by atoms with Crippen molar-refractivity contribution in [3.63, 3.8) is 0 Å². The van der Waals surface area contributed by atoms with Crippen molar-refractivity contribution in [1.29, 1.82) is 0 Å². The van der Waals surface area contributed by atoms with Crippen LogP contribution < -0.4 is 5.73 Å². The molecule has 0 bridgehead atoms. The summed E-state index contributed by atoms with van der Waals surface area (Å²) in [5, 5.41) is 0. The van der Waals surface area contributed by atoms with Crippen molar-refractivity contribution in [2.24, 2.45) is 5.73 Å². The van der Waals surface area contributed by atoms with Gasteiger partial charge in [-0.1, -0.05) is 0 Å². The van der Waals surface area contributed by atoms with Gasteiger partial charge in [0.05, 0.1) is 5.52 Å². The molecule has 0 saturated carbocycles. The Bertz CT molecular complexity index is 575. The summed E-state index contributed by atoms with van der Waals surface area (Å²) in [4.78, 5) is 25.7. The van der Waals surface area contributed by atoms with E-state index in [1.54, 1.807) is 6.20 Å². The number of nitrogens with zero attached hydrogens (tertiary/aromatic N) is 3. The molecular formula is C13H17N5O. The topological polar surface area (TPSA) is 87.9 Å². The zero-order valence-electron chi connectivity index (χ0n) is 10.8. The molecule has 3 N–H and O–H groups in total. The van der Waals surface area contributed by atoms with Gasteiger partial charge in [-0.05, 0) is 31.9 Å². The quantitative estimate of drug-likeness (QED) is 0.796. The molecule has 0 unspecified atom stereocenters. The molecular weight excluding hydrogens is 242 g/mol. The number of nitrogens with one attached hydrogen (secondary N) is 1. The third kappa shape index (κ3) is 2.19. The van der Waals surface area contributed by atoms with E-state index < -0.39 is 0 Å². The van der Waals surface area contributed by atoms with Gasteiger partial charge >= 0.3 is 0 Å². The monoisotopic (exact) mass is 259 g/mol. The van der Waals surface area contributed by atoms with E-state index in [1.165, 1.54) is 0 Å². The van der Waals surface area contributed by atoms with Gasteiger partial charge in [0.25, 0.3) is 5.91 Å². The van der Waals surface area contributed by atoms with Gasteiger partial charge in [-0.2, -0.15) is 0 Å². The average molecular weight is 259 g/mol. The number of likely N-dealkylation sites (tertiary alicyclic amines) is 1. The molecule has 6 heteroatoms. The van der Waals surface area contributed by atoms with Crippen LogP contribution in [-0.2, 0) is 0 Å². The van der Waals surface area contributed by atoms with Gasteiger partial charge in [0, 0.05) is 24.8 Å². The summed E-state index contributed by atoms with van der Waals surface area (Å²) >= 11 is 0. The van der Waals surface area contributed by atoms with Crippen LogP contribution in [0.25, 0.3) is 11.2 Å². The molecule has 1 aliphatic rings. The van der Waals surface area contributed by atoms with Crippen LogP contribution in [0.2, 0.25) is 0 Å². The first kappa shape index (κ1) is 12.1. The highest BCUT2D eigenvalue weighted by Gasteiger charge is 2.29. The second-order valence-electron chi connectivity index (χ2n) is 5.09. The number of H-pyrrole nitrogens is 1. The number of rotatable bonds is 1. The number of piperidine rings is 1. The summed E-state index contributed by atoms with van der Waals surface area (Å²) in [5.74, 6) is 0.286. The van der Waals surface area contributed by atoms with Crippen molar-refractivity contribution in [1.82, 2.24) is 19.9 Å². The number of pyridine rings is 1. The van der Waals surface area contributed by atoms with Gasteiger partial charge in [0.15, 0.2) is 11.5 Å². The Balaban J connectivity index is 1.87. The third-order valence-electron chi connectivity index (χ3n) is 3.64. The fourth-order valence-electron chi connectivity index (χ4n) is 2.59. The molecule has 100 valence electrons. The van der Waals surface area contributed by atoms with E-state index in [4.69, 9.17) is 5.73 Å². The Labute approximate surface area is 111 Å². The van der Waals surface area contributed by atoms with E-state index in [0.29, 0.717) is 18.0 Å². The van der Waals surface area contributed by atoms with Crippen LogP contribution in [0.15, 0.2) is 18.3 Å². The lowest BCUT2D eigenvalue weighted by molar-refractivity contribution is 0.0608. The molecule has 0 radical (unpaired) electrons. The summed E-state index contributed by atoms with van der Waals surface area (Å²) in [6, 6.07) is 4.02. The maximum atomic E-state index is 12.5. The van der Waals surface area contributed by atoms with Crippen molar-refractivity contribution in [3.8, 4) is 0 Å². The van der Waals surface area contributed by atoms with E-state index in [0.717, 1.165) is 18.4 Å². The smallest absolute Gasteiger partial charge is 0.289 e. The van der Waals surface area contributed by atoms with E-state index >= 15 is 0 Å². The maximum absolute atomic E-state index is 12.5. The number of aromatic amines is 1. The SMILES string of the molecule is C[C@@H]1C[C@H](N)CCN1C(=O)c1nc2ncccc2[nH]1.